The van der Waals surface area contributed by atoms with Gasteiger partial charge in [-0.25, -0.2) is 4.39 Å². The Balaban J connectivity index is 0.00000161. The monoisotopic (exact) mass is 306 g/mol. The van der Waals surface area contributed by atoms with Crippen LogP contribution in [0, 0.1) is 5.82 Å². The molecule has 1 aliphatic heterocycles. The maximum Gasteiger partial charge on any atom is 0.252 e. The fourth-order valence-electron chi connectivity index (χ4n) is 2.22. The summed E-state index contributed by atoms with van der Waals surface area (Å²) in [7, 11) is 0. The van der Waals surface area contributed by atoms with E-state index < -0.39 is 0 Å². The third kappa shape index (κ3) is 3.40. The van der Waals surface area contributed by atoms with Gasteiger partial charge in [0.05, 0.1) is 6.04 Å². The first-order valence-corrected chi connectivity index (χ1v) is 6.60. The first-order chi connectivity index (χ1) is 9.74. The Morgan fingerprint density at radius 3 is 2.38 bits per heavy atom. The molecule has 21 heavy (non-hydrogen) atoms. The molecule has 110 valence electrons. The van der Waals surface area contributed by atoms with Crippen LogP contribution < -0.4 is 10.6 Å². The number of carbonyl (C=O) groups is 1. The normalized spacial score (nSPS) is 14.0. The number of hydrogen-bond acceptors (Lipinski definition) is 2. The molecule has 1 fully saturated rings. The van der Waals surface area contributed by atoms with Gasteiger partial charge in [-0.2, -0.15) is 0 Å². The summed E-state index contributed by atoms with van der Waals surface area (Å²) in [6.45, 7) is 1.62. The Hall–Kier alpha value is -1.91. The first-order valence-electron chi connectivity index (χ1n) is 6.60. The van der Waals surface area contributed by atoms with Crippen molar-refractivity contribution in [3.63, 3.8) is 0 Å². The van der Waals surface area contributed by atoms with Crippen LogP contribution in [0.25, 0.3) is 11.1 Å². The lowest BCUT2D eigenvalue weighted by molar-refractivity contribution is 0.0924. The summed E-state index contributed by atoms with van der Waals surface area (Å²) in [6.07, 6.45) is 0. The fraction of sp³-hybridized carbons (Fsp3) is 0.188. The standard InChI is InChI=1S/C16H15FN2O.ClH/c17-12-7-5-11(6-8-12)14-3-1-2-4-15(14)16(20)19-13-9-18-10-13;/h1-8,13,18H,9-10H2,(H,19,20);1H. The Morgan fingerprint density at radius 2 is 1.76 bits per heavy atom. The van der Waals surface area contributed by atoms with Gasteiger partial charge in [0.15, 0.2) is 0 Å². The van der Waals surface area contributed by atoms with Crippen molar-refractivity contribution < 1.29 is 9.18 Å². The van der Waals surface area contributed by atoms with Gasteiger partial charge in [0, 0.05) is 18.7 Å². The average molecular weight is 307 g/mol. The molecule has 0 aromatic heterocycles. The number of carbonyl (C=O) groups excluding carboxylic acids is 1. The van der Waals surface area contributed by atoms with E-state index in [0.29, 0.717) is 5.56 Å². The van der Waals surface area contributed by atoms with Gasteiger partial charge in [-0.1, -0.05) is 30.3 Å². The van der Waals surface area contributed by atoms with Crippen LogP contribution in [0.2, 0.25) is 0 Å². The van der Waals surface area contributed by atoms with E-state index in [1.54, 1.807) is 18.2 Å². The molecule has 1 amide bonds. The SMILES string of the molecule is Cl.O=C(NC1CNC1)c1ccccc1-c1ccc(F)cc1. The van der Waals surface area contributed by atoms with Gasteiger partial charge in [-0.05, 0) is 29.3 Å². The lowest BCUT2D eigenvalue weighted by atomic mass is 9.98. The first kappa shape index (κ1) is 15.5. The van der Waals surface area contributed by atoms with Crippen molar-refractivity contribution in [2.45, 2.75) is 6.04 Å². The molecular weight excluding hydrogens is 291 g/mol. The molecule has 0 spiro atoms. The lowest BCUT2D eigenvalue weighted by Crippen LogP contribution is -2.56. The molecule has 2 N–H and O–H groups in total. The van der Waals surface area contributed by atoms with Gasteiger partial charge in [0.1, 0.15) is 5.82 Å². The van der Waals surface area contributed by atoms with E-state index in [1.165, 1.54) is 12.1 Å². The van der Waals surface area contributed by atoms with Gasteiger partial charge in [0.2, 0.25) is 0 Å². The van der Waals surface area contributed by atoms with E-state index in [0.717, 1.165) is 24.2 Å². The maximum atomic E-state index is 13.0. The van der Waals surface area contributed by atoms with Crippen LogP contribution in [0.15, 0.2) is 48.5 Å². The van der Waals surface area contributed by atoms with Crippen LogP contribution >= 0.6 is 12.4 Å². The number of hydrogen-bond donors (Lipinski definition) is 2. The van der Waals surface area contributed by atoms with Crippen molar-refractivity contribution >= 4 is 18.3 Å². The number of nitrogens with one attached hydrogen (secondary N) is 2. The Bertz CT molecular complexity index is 626. The highest BCUT2D eigenvalue weighted by atomic mass is 35.5. The highest BCUT2D eigenvalue weighted by molar-refractivity contribution is 6.01. The second kappa shape index (κ2) is 6.70. The van der Waals surface area contributed by atoms with Crippen molar-refractivity contribution in [3.05, 3.63) is 59.9 Å². The summed E-state index contributed by atoms with van der Waals surface area (Å²) in [5.74, 6) is -0.368. The summed E-state index contributed by atoms with van der Waals surface area (Å²) in [6, 6.07) is 13.8. The predicted molar refractivity (Wildman–Crippen MR) is 83.2 cm³/mol. The summed E-state index contributed by atoms with van der Waals surface area (Å²) in [5, 5.41) is 6.09. The molecule has 3 rings (SSSR count). The molecule has 0 saturated carbocycles. The van der Waals surface area contributed by atoms with E-state index in [4.69, 9.17) is 0 Å². The summed E-state index contributed by atoms with van der Waals surface area (Å²) in [5.41, 5.74) is 2.27. The minimum absolute atomic E-state index is 0. The lowest BCUT2D eigenvalue weighted by Gasteiger charge is -2.28. The largest absolute Gasteiger partial charge is 0.347 e. The highest BCUT2D eigenvalue weighted by Crippen LogP contribution is 2.24. The molecule has 1 saturated heterocycles. The van der Waals surface area contributed by atoms with E-state index in [9.17, 15) is 9.18 Å². The predicted octanol–water partition coefficient (Wildman–Crippen LogP) is 2.62. The highest BCUT2D eigenvalue weighted by Gasteiger charge is 2.21. The summed E-state index contributed by atoms with van der Waals surface area (Å²) in [4.78, 5) is 12.3. The van der Waals surface area contributed by atoms with E-state index >= 15 is 0 Å². The molecule has 0 bridgehead atoms. The van der Waals surface area contributed by atoms with Gasteiger partial charge in [0.25, 0.3) is 5.91 Å². The molecule has 1 aliphatic rings. The average Bonchev–Trinajstić information content (AvgIpc) is 2.43. The molecule has 0 aliphatic carbocycles. The van der Waals surface area contributed by atoms with Crippen molar-refractivity contribution in [1.82, 2.24) is 10.6 Å². The van der Waals surface area contributed by atoms with Crippen molar-refractivity contribution in [1.29, 1.82) is 0 Å². The number of benzene rings is 2. The molecule has 5 heteroatoms. The minimum atomic E-state index is -0.281. The molecule has 0 unspecified atom stereocenters. The van der Waals surface area contributed by atoms with Crippen molar-refractivity contribution in [3.8, 4) is 11.1 Å². The third-order valence-corrected chi connectivity index (χ3v) is 3.44. The molecule has 3 nitrogen and oxygen atoms in total. The second-order valence-electron chi connectivity index (χ2n) is 4.88. The molecule has 2 aromatic carbocycles. The van der Waals surface area contributed by atoms with Crippen LogP contribution in [-0.2, 0) is 0 Å². The van der Waals surface area contributed by atoms with Crippen LogP contribution in [0.5, 0.6) is 0 Å². The maximum absolute atomic E-state index is 13.0. The van der Waals surface area contributed by atoms with Gasteiger partial charge < -0.3 is 10.6 Å². The van der Waals surface area contributed by atoms with Crippen molar-refractivity contribution in [2.24, 2.45) is 0 Å². The quantitative estimate of drug-likeness (QED) is 0.915. The second-order valence-corrected chi connectivity index (χ2v) is 4.88. The van der Waals surface area contributed by atoms with Gasteiger partial charge >= 0.3 is 0 Å². The number of halogens is 2. The minimum Gasteiger partial charge on any atom is -0.347 e. The van der Waals surface area contributed by atoms with Crippen LogP contribution in [0.4, 0.5) is 4.39 Å². The smallest absolute Gasteiger partial charge is 0.252 e. The van der Waals surface area contributed by atoms with Gasteiger partial charge in [-0.15, -0.1) is 12.4 Å². The Kier molecular flexibility index (Phi) is 4.94. The Morgan fingerprint density at radius 1 is 1.10 bits per heavy atom. The van der Waals surface area contributed by atoms with Crippen LogP contribution in [0.3, 0.4) is 0 Å². The molecular formula is C16H16ClFN2O. The zero-order valence-electron chi connectivity index (χ0n) is 11.3. The molecule has 0 radical (unpaired) electrons. The number of rotatable bonds is 3. The van der Waals surface area contributed by atoms with E-state index in [2.05, 4.69) is 10.6 Å². The van der Waals surface area contributed by atoms with E-state index in [1.807, 2.05) is 18.2 Å². The molecule has 1 heterocycles. The zero-order valence-corrected chi connectivity index (χ0v) is 12.1. The third-order valence-electron chi connectivity index (χ3n) is 3.44. The molecule has 2 aromatic rings. The molecule has 0 atom stereocenters. The summed E-state index contributed by atoms with van der Waals surface area (Å²) < 4.78 is 13.0. The Labute approximate surface area is 129 Å². The van der Waals surface area contributed by atoms with Crippen LogP contribution in [-0.4, -0.2) is 25.0 Å². The number of amides is 1. The van der Waals surface area contributed by atoms with Gasteiger partial charge in [-0.3, -0.25) is 4.79 Å². The summed E-state index contributed by atoms with van der Waals surface area (Å²) >= 11 is 0. The fourth-order valence-corrected chi connectivity index (χ4v) is 2.22. The van der Waals surface area contributed by atoms with Crippen molar-refractivity contribution in [2.75, 3.05) is 13.1 Å². The topological polar surface area (TPSA) is 41.1 Å². The van der Waals surface area contributed by atoms with Crippen LogP contribution in [0.1, 0.15) is 10.4 Å². The zero-order chi connectivity index (χ0) is 13.9. The van der Waals surface area contributed by atoms with E-state index in [-0.39, 0.29) is 30.2 Å².